The fourth-order valence-corrected chi connectivity index (χ4v) is 2.26. The number of amides is 1. The number of nitrogens with zero attached hydrogens (tertiary/aromatic N) is 2. The summed E-state index contributed by atoms with van der Waals surface area (Å²) in [6, 6.07) is 3.13. The number of anilines is 1. The molecular weight excluding hydrogens is 354 g/mol. The number of aliphatic hydroxyl groups is 1. The Labute approximate surface area is 138 Å². The molecule has 1 aromatic carbocycles. The highest BCUT2D eigenvalue weighted by atomic mass is 35.5. The fraction of sp³-hybridized carbons (Fsp3) is 0.286. The maximum atomic E-state index is 13.3. The number of aryl methyl sites for hydroxylation is 1. The lowest BCUT2D eigenvalue weighted by molar-refractivity contribution is -0.270. The van der Waals surface area contributed by atoms with Gasteiger partial charge in [0.15, 0.2) is 5.82 Å². The van der Waals surface area contributed by atoms with Gasteiger partial charge in [0.1, 0.15) is 5.82 Å². The van der Waals surface area contributed by atoms with Crippen molar-refractivity contribution in [1.29, 1.82) is 0 Å². The van der Waals surface area contributed by atoms with Crippen LogP contribution >= 0.6 is 11.6 Å². The summed E-state index contributed by atoms with van der Waals surface area (Å²) in [5.74, 6) is -2.60. The summed E-state index contributed by atoms with van der Waals surface area (Å²) in [6.45, 7) is 0. The molecule has 2 N–H and O–H groups in total. The van der Waals surface area contributed by atoms with E-state index in [4.69, 9.17) is 11.6 Å². The van der Waals surface area contributed by atoms with Gasteiger partial charge in [-0.05, 0) is 18.2 Å². The highest BCUT2D eigenvalue weighted by molar-refractivity contribution is 6.31. The van der Waals surface area contributed by atoms with Gasteiger partial charge in [-0.25, -0.2) is 9.37 Å². The predicted octanol–water partition coefficient (Wildman–Crippen LogP) is 2.99. The van der Waals surface area contributed by atoms with E-state index in [1.807, 2.05) is 0 Å². The van der Waals surface area contributed by atoms with Crippen LogP contribution in [-0.2, 0) is 17.4 Å². The van der Waals surface area contributed by atoms with Gasteiger partial charge in [-0.15, -0.1) is 0 Å². The summed E-state index contributed by atoms with van der Waals surface area (Å²) in [5, 5.41) is 11.9. The normalized spacial score (nSPS) is 14.3. The Hall–Kier alpha value is -2.13. The van der Waals surface area contributed by atoms with Crippen LogP contribution in [0, 0.1) is 5.82 Å². The number of halogens is 5. The number of hydrogen-bond acceptors (Lipinski definition) is 3. The molecule has 0 radical (unpaired) electrons. The molecule has 5 nitrogen and oxygen atoms in total. The van der Waals surface area contributed by atoms with Crippen LogP contribution in [0.3, 0.4) is 0 Å². The highest BCUT2D eigenvalue weighted by Gasteiger charge is 2.58. The van der Waals surface area contributed by atoms with Crippen molar-refractivity contribution >= 4 is 23.2 Å². The predicted molar refractivity (Wildman–Crippen MR) is 77.8 cm³/mol. The van der Waals surface area contributed by atoms with Crippen molar-refractivity contribution in [3.05, 3.63) is 47.3 Å². The molecule has 2 rings (SSSR count). The molecule has 10 heteroatoms. The van der Waals surface area contributed by atoms with Crippen LogP contribution in [0.5, 0.6) is 0 Å². The first-order valence-electron chi connectivity index (χ1n) is 6.56. The van der Waals surface area contributed by atoms with Gasteiger partial charge in [0.25, 0.3) is 0 Å². The zero-order valence-electron chi connectivity index (χ0n) is 12.2. The second-order valence-electron chi connectivity index (χ2n) is 5.07. The van der Waals surface area contributed by atoms with Gasteiger partial charge in [-0.3, -0.25) is 4.79 Å². The van der Waals surface area contributed by atoms with E-state index in [1.54, 1.807) is 0 Å². The first kappa shape index (κ1) is 18.2. The quantitative estimate of drug-likeness (QED) is 0.819. The molecule has 130 valence electrons. The second kappa shape index (κ2) is 6.40. The van der Waals surface area contributed by atoms with Crippen LogP contribution in [0.4, 0.5) is 23.2 Å². The molecule has 0 saturated heterocycles. The van der Waals surface area contributed by atoms with Gasteiger partial charge < -0.3 is 15.0 Å². The van der Waals surface area contributed by atoms with Crippen LogP contribution in [0.2, 0.25) is 5.02 Å². The molecule has 0 fully saturated rings. The Morgan fingerprint density at radius 2 is 2.08 bits per heavy atom. The monoisotopic (exact) mass is 365 g/mol. The lowest BCUT2D eigenvalue weighted by Crippen LogP contribution is -2.46. The zero-order chi connectivity index (χ0) is 18.1. The van der Waals surface area contributed by atoms with Crippen LogP contribution in [0.1, 0.15) is 12.2 Å². The van der Waals surface area contributed by atoms with E-state index in [1.165, 1.54) is 13.2 Å². The van der Waals surface area contributed by atoms with Crippen molar-refractivity contribution in [3.63, 3.8) is 0 Å². The summed E-state index contributed by atoms with van der Waals surface area (Å²) in [7, 11) is 1.26. The van der Waals surface area contributed by atoms with Crippen LogP contribution in [0.15, 0.2) is 30.6 Å². The molecule has 1 amide bonds. The number of aromatic nitrogens is 2. The first-order valence-corrected chi connectivity index (χ1v) is 6.94. The van der Waals surface area contributed by atoms with Crippen molar-refractivity contribution in [2.45, 2.75) is 18.2 Å². The van der Waals surface area contributed by atoms with E-state index in [9.17, 15) is 27.5 Å². The third kappa shape index (κ3) is 3.51. The Kier molecular flexibility index (Phi) is 4.86. The summed E-state index contributed by atoms with van der Waals surface area (Å²) in [6.07, 6.45) is -4.17. The van der Waals surface area contributed by atoms with Gasteiger partial charge in [-0.1, -0.05) is 11.6 Å². The lowest BCUT2D eigenvalue weighted by Gasteiger charge is -2.29. The average molecular weight is 366 g/mol. The van der Waals surface area contributed by atoms with E-state index in [2.05, 4.69) is 10.3 Å². The summed E-state index contributed by atoms with van der Waals surface area (Å²) < 4.78 is 53.9. The van der Waals surface area contributed by atoms with Crippen molar-refractivity contribution in [3.8, 4) is 0 Å². The maximum absolute atomic E-state index is 13.3. The average Bonchev–Trinajstić information content (AvgIpc) is 2.88. The molecule has 0 aliphatic rings. The molecule has 0 bridgehead atoms. The number of nitrogens with one attached hydrogen (secondary N) is 1. The molecular formula is C14H12ClF4N3O2. The molecule has 1 aromatic heterocycles. The molecule has 2 aromatic rings. The van der Waals surface area contributed by atoms with Crippen LogP contribution in [0.25, 0.3) is 0 Å². The van der Waals surface area contributed by atoms with Crippen LogP contribution in [-0.4, -0.2) is 26.7 Å². The van der Waals surface area contributed by atoms with E-state index in [0.717, 1.165) is 29.0 Å². The number of benzene rings is 1. The van der Waals surface area contributed by atoms with Gasteiger partial charge in [0.05, 0.1) is 11.4 Å². The van der Waals surface area contributed by atoms with Gasteiger partial charge >= 0.3 is 6.18 Å². The molecule has 0 saturated carbocycles. The smallest absolute Gasteiger partial charge is 0.374 e. The van der Waals surface area contributed by atoms with E-state index in [-0.39, 0.29) is 10.7 Å². The number of alkyl halides is 3. The SMILES string of the molecule is Cn1ccnc1C(O)(CC(=O)Nc1ccc(F)c(Cl)c1)C(F)(F)F. The molecule has 1 atom stereocenters. The number of carbonyl (C=O) groups excluding carboxylic acids is 1. The molecule has 1 heterocycles. The van der Waals surface area contributed by atoms with E-state index >= 15 is 0 Å². The molecule has 0 aliphatic heterocycles. The second-order valence-corrected chi connectivity index (χ2v) is 5.48. The Morgan fingerprint density at radius 3 is 2.58 bits per heavy atom. The van der Waals surface area contributed by atoms with Crippen LogP contribution < -0.4 is 5.32 Å². The van der Waals surface area contributed by atoms with Gasteiger partial charge in [0.2, 0.25) is 11.5 Å². The van der Waals surface area contributed by atoms with E-state index < -0.39 is 35.7 Å². The molecule has 0 spiro atoms. The lowest BCUT2D eigenvalue weighted by atomic mass is 9.97. The molecule has 0 aliphatic carbocycles. The summed E-state index contributed by atoms with van der Waals surface area (Å²) >= 11 is 5.54. The topological polar surface area (TPSA) is 67.1 Å². The fourth-order valence-electron chi connectivity index (χ4n) is 2.08. The number of rotatable bonds is 4. The third-order valence-electron chi connectivity index (χ3n) is 3.28. The zero-order valence-corrected chi connectivity index (χ0v) is 13.0. The first-order chi connectivity index (χ1) is 11.0. The highest BCUT2D eigenvalue weighted by Crippen LogP contribution is 2.40. The Bertz CT molecular complexity index is 763. The molecule has 1 unspecified atom stereocenters. The maximum Gasteiger partial charge on any atom is 0.425 e. The minimum atomic E-state index is -5.14. The minimum absolute atomic E-state index is 0.00392. The standard InChI is InChI=1S/C14H12ClF4N3O2/c1-22-5-4-20-12(22)13(24,14(17,18)19)7-11(23)21-8-2-3-10(16)9(15)6-8/h2-6,24H,7H2,1H3,(H,21,23). The number of hydrogen-bond donors (Lipinski definition) is 2. The Balaban J connectivity index is 2.25. The Morgan fingerprint density at radius 1 is 1.42 bits per heavy atom. The van der Waals surface area contributed by atoms with Crippen molar-refractivity contribution < 1.29 is 27.5 Å². The molecule has 24 heavy (non-hydrogen) atoms. The minimum Gasteiger partial charge on any atom is -0.374 e. The third-order valence-corrected chi connectivity index (χ3v) is 3.57. The van der Waals surface area contributed by atoms with Crippen molar-refractivity contribution in [2.75, 3.05) is 5.32 Å². The summed E-state index contributed by atoms with van der Waals surface area (Å²) in [4.78, 5) is 15.4. The van der Waals surface area contributed by atoms with Gasteiger partial charge in [0, 0.05) is 25.1 Å². The number of imidazole rings is 1. The number of carbonyl (C=O) groups is 1. The van der Waals surface area contributed by atoms with Crippen molar-refractivity contribution in [2.24, 2.45) is 7.05 Å². The largest absolute Gasteiger partial charge is 0.425 e. The van der Waals surface area contributed by atoms with E-state index in [0.29, 0.717) is 0 Å². The summed E-state index contributed by atoms with van der Waals surface area (Å²) in [5.41, 5.74) is -3.48. The van der Waals surface area contributed by atoms with Crippen molar-refractivity contribution in [1.82, 2.24) is 9.55 Å². The van der Waals surface area contributed by atoms with Gasteiger partial charge in [-0.2, -0.15) is 13.2 Å².